The quantitative estimate of drug-likeness (QED) is 0.123. The summed E-state index contributed by atoms with van der Waals surface area (Å²) in [4.78, 5) is 2.38. The Bertz CT molecular complexity index is 6230. The van der Waals surface area contributed by atoms with Crippen LogP contribution in [0.1, 0.15) is 7.43 Å². The van der Waals surface area contributed by atoms with Crippen LogP contribution in [-0.2, 0) is 0 Å². The molecule has 0 bridgehead atoms. The molecule has 0 fully saturated rings. The lowest BCUT2D eigenvalue weighted by Gasteiger charge is -2.26. The fourth-order valence-electron chi connectivity index (χ4n) is 14.6. The van der Waals surface area contributed by atoms with Gasteiger partial charge in [-0.15, -0.1) is 0 Å². The summed E-state index contributed by atoms with van der Waals surface area (Å²) in [5.41, 5.74) is 22.7. The van der Waals surface area contributed by atoms with Gasteiger partial charge in [-0.1, -0.05) is 353 Å². The van der Waals surface area contributed by atoms with Gasteiger partial charge in [-0.2, -0.15) is 0 Å². The summed E-state index contributed by atoms with van der Waals surface area (Å²) in [5, 5.41) is 19.4. The molecule has 0 saturated carbocycles. The van der Waals surface area contributed by atoms with Gasteiger partial charge in [-0.3, -0.25) is 0 Å². The largest absolute Gasteiger partial charge is 0.356 e. The number of nitrogens with one attached hydrogen (secondary N) is 1. The fraction of sp³-hybridized carbons (Fsp3) is 0.00971. The zero-order valence-corrected chi connectivity index (χ0v) is 58.5. The van der Waals surface area contributed by atoms with E-state index in [2.05, 4.69) is 417 Å². The van der Waals surface area contributed by atoms with Crippen molar-refractivity contribution in [2.75, 3.05) is 10.2 Å². The van der Waals surface area contributed by atoms with Crippen LogP contribution in [0.4, 0.5) is 28.4 Å². The van der Waals surface area contributed by atoms with Crippen LogP contribution < -0.4 is 10.2 Å². The second kappa shape index (κ2) is 30.7. The molecule has 0 aliphatic rings. The van der Waals surface area contributed by atoms with E-state index in [1.807, 2.05) is 18.2 Å². The van der Waals surface area contributed by atoms with E-state index >= 15 is 0 Å². The van der Waals surface area contributed by atoms with E-state index < -0.39 is 0 Å². The molecule has 0 amide bonds. The van der Waals surface area contributed by atoms with Gasteiger partial charge in [0.25, 0.3) is 0 Å². The lowest BCUT2D eigenvalue weighted by molar-refractivity contribution is 1.29. The monoisotopic (exact) mass is 1370 g/mol. The van der Waals surface area contributed by atoms with Crippen LogP contribution in [0.25, 0.3) is 143 Å². The number of hydrogen-bond donors (Lipinski definition) is 1. The van der Waals surface area contributed by atoms with Crippen molar-refractivity contribution in [1.82, 2.24) is 0 Å². The molecule has 504 valence electrons. The Hall–Kier alpha value is -13.4. The molecule has 0 aromatic heterocycles. The average Bonchev–Trinajstić information content (AvgIpc) is 0.777. The average molecular weight is 1380 g/mol. The summed E-state index contributed by atoms with van der Waals surface area (Å²) in [5.74, 6) is 0. The van der Waals surface area contributed by atoms with E-state index in [1.54, 1.807) is 0 Å². The first-order valence-corrected chi connectivity index (χ1v) is 36.2. The van der Waals surface area contributed by atoms with Crippen LogP contribution in [0.3, 0.4) is 0 Å². The Morgan fingerprint density at radius 3 is 0.840 bits per heavy atom. The zero-order chi connectivity index (χ0) is 70.3. The van der Waals surface area contributed by atoms with Gasteiger partial charge in [0.2, 0.25) is 0 Å². The number of fused-ring (bicyclic) bond motifs is 8. The highest BCUT2D eigenvalue weighted by Crippen LogP contribution is 2.42. The van der Waals surface area contributed by atoms with Crippen molar-refractivity contribution in [3.63, 3.8) is 0 Å². The minimum atomic E-state index is 0. The Kier molecular flexibility index (Phi) is 19.4. The molecule has 0 heterocycles. The Labute approximate surface area is 625 Å². The number of rotatable bonds is 12. The molecule has 0 spiro atoms. The fourth-order valence-corrected chi connectivity index (χ4v) is 14.7. The highest BCUT2D eigenvalue weighted by atomic mass is 35.5. The first-order chi connectivity index (χ1) is 51.9. The van der Waals surface area contributed by atoms with Crippen LogP contribution in [0.15, 0.2) is 425 Å². The first-order valence-electron chi connectivity index (χ1n) is 35.8. The molecule has 106 heavy (non-hydrogen) atoms. The smallest absolute Gasteiger partial charge is 0.0468 e. The second-order valence-electron chi connectivity index (χ2n) is 26.6. The lowest BCUT2D eigenvalue weighted by atomic mass is 9.95. The minimum absolute atomic E-state index is 0. The highest BCUT2D eigenvalue weighted by molar-refractivity contribution is 6.30. The summed E-state index contributed by atoms with van der Waals surface area (Å²) >= 11 is 6.05. The number of benzene rings is 19. The molecule has 19 aromatic carbocycles. The van der Waals surface area contributed by atoms with Gasteiger partial charge in [-0.05, 0) is 234 Å². The normalized spacial score (nSPS) is 11.0. The van der Waals surface area contributed by atoms with Crippen molar-refractivity contribution in [3.8, 4) is 77.9 Å². The summed E-state index contributed by atoms with van der Waals surface area (Å²) in [6, 6.07) is 151. The Morgan fingerprint density at radius 1 is 0.179 bits per heavy atom. The third-order valence-corrected chi connectivity index (χ3v) is 20.3. The molecule has 0 atom stereocenters. The summed E-state index contributed by atoms with van der Waals surface area (Å²) in [6.45, 7) is 0. The molecule has 0 saturated heterocycles. The first kappa shape index (κ1) is 67.1. The van der Waals surface area contributed by atoms with Crippen molar-refractivity contribution < 1.29 is 0 Å². The molecule has 2 nitrogen and oxygen atoms in total. The van der Waals surface area contributed by atoms with Crippen molar-refractivity contribution in [2.45, 2.75) is 7.43 Å². The minimum Gasteiger partial charge on any atom is -0.356 e. The topological polar surface area (TPSA) is 15.3 Å². The van der Waals surface area contributed by atoms with Gasteiger partial charge < -0.3 is 10.2 Å². The lowest BCUT2D eigenvalue weighted by Crippen LogP contribution is -2.10. The number of anilines is 5. The van der Waals surface area contributed by atoms with E-state index in [9.17, 15) is 0 Å². The molecular formula is C103H75ClN2. The summed E-state index contributed by atoms with van der Waals surface area (Å²) in [7, 11) is 0. The van der Waals surface area contributed by atoms with Gasteiger partial charge in [0.1, 0.15) is 0 Å². The molecule has 0 unspecified atom stereocenters. The van der Waals surface area contributed by atoms with Crippen molar-refractivity contribution in [3.05, 3.63) is 430 Å². The number of hydrogen-bond acceptors (Lipinski definition) is 2. The number of halogens is 1. The predicted octanol–water partition coefficient (Wildman–Crippen LogP) is 30.2. The van der Waals surface area contributed by atoms with Crippen LogP contribution in [0, 0.1) is 0 Å². The number of nitrogens with zero attached hydrogens (tertiary/aromatic N) is 1. The molecule has 3 heteroatoms. The second-order valence-corrected chi connectivity index (χ2v) is 27.0. The van der Waals surface area contributed by atoms with Crippen molar-refractivity contribution in [1.29, 1.82) is 0 Å². The Morgan fingerprint density at radius 2 is 0.434 bits per heavy atom. The third-order valence-electron chi connectivity index (χ3n) is 20.0. The maximum atomic E-state index is 6.05. The van der Waals surface area contributed by atoms with E-state index in [0.717, 1.165) is 33.5 Å². The van der Waals surface area contributed by atoms with Gasteiger partial charge >= 0.3 is 0 Å². The molecule has 0 radical (unpaired) electrons. The zero-order valence-electron chi connectivity index (χ0n) is 57.7. The highest BCUT2D eigenvalue weighted by Gasteiger charge is 2.17. The Balaban J connectivity index is 0.000000130. The van der Waals surface area contributed by atoms with Gasteiger partial charge in [0.15, 0.2) is 0 Å². The molecular weight excluding hydrogens is 1300 g/mol. The van der Waals surface area contributed by atoms with Gasteiger partial charge in [0, 0.05) is 33.5 Å². The van der Waals surface area contributed by atoms with Crippen molar-refractivity contribution >= 4 is 105 Å². The summed E-state index contributed by atoms with van der Waals surface area (Å²) < 4.78 is 0. The van der Waals surface area contributed by atoms with E-state index in [0.29, 0.717) is 0 Å². The molecule has 19 aromatic rings. The SMILES string of the molecule is C.Clc1ccc(-c2ccc3ccc4ccc(-c5ccccc5)cc4c3c2)cc1.c1ccc(-c2ccc(N(c3ccc(-c4cccc5ccccc45)cc3)c3ccc4ccc5ccc(-c6ccccc6)cc5c4c3)cc2)cc1.c1ccc(-c2ccc(Nc3ccc(-c4cccc5ccccc45)cc3)cc2)cc1. The molecule has 19 rings (SSSR count). The van der Waals surface area contributed by atoms with E-state index in [4.69, 9.17) is 11.6 Å². The maximum Gasteiger partial charge on any atom is 0.0468 e. The van der Waals surface area contributed by atoms with E-state index in [-0.39, 0.29) is 7.43 Å². The maximum absolute atomic E-state index is 6.05. The van der Waals surface area contributed by atoms with Gasteiger partial charge in [-0.25, -0.2) is 0 Å². The van der Waals surface area contributed by atoms with Crippen LogP contribution in [0.5, 0.6) is 0 Å². The van der Waals surface area contributed by atoms with Crippen LogP contribution >= 0.6 is 11.6 Å². The van der Waals surface area contributed by atoms with Gasteiger partial charge in [0.05, 0.1) is 0 Å². The predicted molar refractivity (Wildman–Crippen MR) is 459 cm³/mol. The molecule has 0 aliphatic heterocycles. The van der Waals surface area contributed by atoms with E-state index in [1.165, 1.54) is 143 Å². The van der Waals surface area contributed by atoms with Crippen LogP contribution in [-0.4, -0.2) is 0 Å². The molecule has 0 aliphatic carbocycles. The van der Waals surface area contributed by atoms with Crippen LogP contribution in [0.2, 0.25) is 5.02 Å². The molecule has 1 N–H and O–H groups in total. The summed E-state index contributed by atoms with van der Waals surface area (Å²) in [6.07, 6.45) is 0. The standard InChI is InChI=1S/C48H33N.C28H21N.C26H17Cl.CH4/c1-3-10-34(11-4-1)36-22-27-42(28-23-36)49(43-29-24-38(25-30-43)46-17-9-15-37-14-7-8-16-45(37)46)44-31-26-40-19-18-39-20-21-41(32-47(39)48(40)33-44)35-12-5-2-6-13-35;1-2-7-21(8-3-1)22-13-17-25(18-14-22)29-26-19-15-24(16-20-26)28-12-6-10-23-9-4-5-11-27(23)28;27-24-14-12-19(13-15-24)23-11-9-21-7-6-20-8-10-22(16-25(20)26(21)17-23)18-4-2-1-3-5-18;/h1-33H;1-20,29H;1-17H;1H4. The third kappa shape index (κ3) is 14.4. The van der Waals surface area contributed by atoms with Crippen molar-refractivity contribution in [2.24, 2.45) is 0 Å².